The molecule has 0 radical (unpaired) electrons. The molecular formula is C10H13BrN4OS. The molecule has 0 fully saturated rings. The fourth-order valence-corrected chi connectivity index (χ4v) is 2.81. The molecule has 0 saturated heterocycles. The Morgan fingerprint density at radius 2 is 2.35 bits per heavy atom. The monoisotopic (exact) mass is 316 g/mol. The van der Waals surface area contributed by atoms with E-state index in [-0.39, 0.29) is 6.04 Å². The van der Waals surface area contributed by atoms with E-state index in [1.807, 2.05) is 24.3 Å². The van der Waals surface area contributed by atoms with Crippen LogP contribution in [0.15, 0.2) is 20.3 Å². The Balaban J connectivity index is 2.06. The molecular weight excluding hydrogens is 304 g/mol. The molecule has 2 N–H and O–H groups in total. The van der Waals surface area contributed by atoms with E-state index in [0.717, 1.165) is 11.0 Å². The molecule has 2 heterocycles. The van der Waals surface area contributed by atoms with Crippen molar-refractivity contribution in [2.75, 3.05) is 11.9 Å². The Bertz CT molecular complexity index is 496. The van der Waals surface area contributed by atoms with Gasteiger partial charge in [0.15, 0.2) is 0 Å². The highest BCUT2D eigenvalue weighted by Crippen LogP contribution is 2.23. The SMILES string of the molecule is CC(N)c1nnc(N(C)Cc2cc(Br)cs2)o1. The van der Waals surface area contributed by atoms with Crippen LogP contribution in [-0.2, 0) is 6.54 Å². The van der Waals surface area contributed by atoms with Crippen LogP contribution in [0.2, 0.25) is 0 Å². The van der Waals surface area contributed by atoms with E-state index in [2.05, 4.69) is 32.2 Å². The first kappa shape index (κ1) is 12.5. The van der Waals surface area contributed by atoms with Gasteiger partial charge in [-0.25, -0.2) is 0 Å². The van der Waals surface area contributed by atoms with Crippen LogP contribution in [0.1, 0.15) is 23.7 Å². The lowest BCUT2D eigenvalue weighted by molar-refractivity contribution is 0.461. The lowest BCUT2D eigenvalue weighted by Gasteiger charge is -2.11. The predicted octanol–water partition coefficient (Wildman–Crippen LogP) is 2.55. The van der Waals surface area contributed by atoms with Gasteiger partial charge in [0.05, 0.1) is 12.6 Å². The van der Waals surface area contributed by atoms with Gasteiger partial charge in [-0.3, -0.25) is 0 Å². The molecule has 1 unspecified atom stereocenters. The van der Waals surface area contributed by atoms with Crippen LogP contribution in [0.25, 0.3) is 0 Å². The minimum Gasteiger partial charge on any atom is -0.406 e. The van der Waals surface area contributed by atoms with Crippen molar-refractivity contribution >= 4 is 33.3 Å². The van der Waals surface area contributed by atoms with E-state index in [1.54, 1.807) is 11.3 Å². The summed E-state index contributed by atoms with van der Waals surface area (Å²) in [6.45, 7) is 2.55. The van der Waals surface area contributed by atoms with Crippen LogP contribution < -0.4 is 10.6 Å². The van der Waals surface area contributed by atoms with Gasteiger partial charge in [0.25, 0.3) is 0 Å². The number of aromatic nitrogens is 2. The van der Waals surface area contributed by atoms with E-state index < -0.39 is 0 Å². The molecule has 2 rings (SSSR count). The number of thiophene rings is 1. The lowest BCUT2D eigenvalue weighted by Crippen LogP contribution is -2.15. The van der Waals surface area contributed by atoms with E-state index in [1.165, 1.54) is 4.88 Å². The number of hydrogen-bond donors (Lipinski definition) is 1. The van der Waals surface area contributed by atoms with E-state index in [0.29, 0.717) is 11.9 Å². The number of anilines is 1. The van der Waals surface area contributed by atoms with Crippen molar-refractivity contribution in [3.63, 3.8) is 0 Å². The molecule has 0 saturated carbocycles. The van der Waals surface area contributed by atoms with Gasteiger partial charge in [-0.05, 0) is 28.9 Å². The number of rotatable bonds is 4. The number of nitrogens with zero attached hydrogens (tertiary/aromatic N) is 3. The van der Waals surface area contributed by atoms with Crippen molar-refractivity contribution < 1.29 is 4.42 Å². The van der Waals surface area contributed by atoms with Crippen LogP contribution in [-0.4, -0.2) is 17.2 Å². The van der Waals surface area contributed by atoms with Crippen molar-refractivity contribution in [1.82, 2.24) is 10.2 Å². The maximum Gasteiger partial charge on any atom is 0.318 e. The van der Waals surface area contributed by atoms with Crippen molar-refractivity contribution in [3.8, 4) is 0 Å². The summed E-state index contributed by atoms with van der Waals surface area (Å²) < 4.78 is 6.55. The highest BCUT2D eigenvalue weighted by Gasteiger charge is 2.14. The van der Waals surface area contributed by atoms with Crippen molar-refractivity contribution in [3.05, 3.63) is 26.7 Å². The zero-order valence-corrected chi connectivity index (χ0v) is 12.0. The van der Waals surface area contributed by atoms with Gasteiger partial charge in [0.1, 0.15) is 0 Å². The van der Waals surface area contributed by atoms with Gasteiger partial charge in [0, 0.05) is 21.8 Å². The van der Waals surface area contributed by atoms with Gasteiger partial charge >= 0.3 is 6.01 Å². The summed E-state index contributed by atoms with van der Waals surface area (Å²) in [5.74, 6) is 0.458. The third-order valence-electron chi connectivity index (χ3n) is 2.16. The molecule has 0 bridgehead atoms. The Labute approximate surface area is 112 Å². The first-order chi connectivity index (χ1) is 8.06. The van der Waals surface area contributed by atoms with Crippen LogP contribution >= 0.6 is 27.3 Å². The zero-order valence-electron chi connectivity index (χ0n) is 9.55. The maximum absolute atomic E-state index is 5.66. The standard InChI is InChI=1S/C10H13BrN4OS/c1-6(12)9-13-14-10(16-9)15(2)4-8-3-7(11)5-17-8/h3,5-6H,4,12H2,1-2H3. The van der Waals surface area contributed by atoms with Crippen LogP contribution in [0, 0.1) is 0 Å². The third kappa shape index (κ3) is 3.05. The third-order valence-corrected chi connectivity index (χ3v) is 3.84. The maximum atomic E-state index is 5.66. The molecule has 0 aliphatic carbocycles. The Morgan fingerprint density at radius 1 is 1.59 bits per heavy atom. The highest BCUT2D eigenvalue weighted by atomic mass is 79.9. The Kier molecular flexibility index (Phi) is 3.80. The van der Waals surface area contributed by atoms with Gasteiger partial charge < -0.3 is 15.1 Å². The van der Waals surface area contributed by atoms with Crippen molar-refractivity contribution in [2.45, 2.75) is 19.5 Å². The Morgan fingerprint density at radius 3 is 2.88 bits per heavy atom. The van der Waals surface area contributed by atoms with E-state index in [4.69, 9.17) is 10.2 Å². The van der Waals surface area contributed by atoms with E-state index >= 15 is 0 Å². The number of nitrogens with two attached hydrogens (primary N) is 1. The van der Waals surface area contributed by atoms with Crippen molar-refractivity contribution in [2.24, 2.45) is 5.73 Å². The Hall–Kier alpha value is -0.920. The summed E-state index contributed by atoms with van der Waals surface area (Å²) in [7, 11) is 1.91. The zero-order chi connectivity index (χ0) is 12.4. The normalized spacial score (nSPS) is 12.7. The summed E-state index contributed by atoms with van der Waals surface area (Å²) in [6, 6.07) is 2.33. The molecule has 2 aromatic heterocycles. The second-order valence-electron chi connectivity index (χ2n) is 3.80. The van der Waals surface area contributed by atoms with Gasteiger partial charge in [0.2, 0.25) is 5.89 Å². The molecule has 1 atom stereocenters. The number of halogens is 1. The molecule has 5 nitrogen and oxygen atoms in total. The highest BCUT2D eigenvalue weighted by molar-refractivity contribution is 9.10. The minimum absolute atomic E-state index is 0.236. The summed E-state index contributed by atoms with van der Waals surface area (Å²) in [4.78, 5) is 3.12. The fourth-order valence-electron chi connectivity index (χ4n) is 1.30. The molecule has 0 amide bonds. The van der Waals surface area contributed by atoms with Gasteiger partial charge in [-0.1, -0.05) is 5.10 Å². The molecule has 0 aliphatic heterocycles. The molecule has 7 heteroatoms. The average Bonchev–Trinajstić information content (AvgIpc) is 2.86. The summed E-state index contributed by atoms with van der Waals surface area (Å²) in [6.07, 6.45) is 0. The second-order valence-corrected chi connectivity index (χ2v) is 5.71. The van der Waals surface area contributed by atoms with Gasteiger partial charge in [-0.15, -0.1) is 16.4 Å². The smallest absolute Gasteiger partial charge is 0.318 e. The summed E-state index contributed by atoms with van der Waals surface area (Å²) >= 11 is 5.11. The second kappa shape index (κ2) is 5.16. The predicted molar refractivity (Wildman–Crippen MR) is 71.0 cm³/mol. The quantitative estimate of drug-likeness (QED) is 0.938. The van der Waals surface area contributed by atoms with Crippen LogP contribution in [0.3, 0.4) is 0 Å². The van der Waals surface area contributed by atoms with Crippen LogP contribution in [0.5, 0.6) is 0 Å². The molecule has 92 valence electrons. The molecule has 2 aromatic rings. The average molecular weight is 317 g/mol. The lowest BCUT2D eigenvalue weighted by atomic mass is 10.4. The minimum atomic E-state index is -0.236. The van der Waals surface area contributed by atoms with E-state index in [9.17, 15) is 0 Å². The van der Waals surface area contributed by atoms with Crippen molar-refractivity contribution in [1.29, 1.82) is 0 Å². The summed E-state index contributed by atoms with van der Waals surface area (Å²) in [5.41, 5.74) is 5.66. The fraction of sp³-hybridized carbons (Fsp3) is 0.400. The number of hydrogen-bond acceptors (Lipinski definition) is 6. The first-order valence-corrected chi connectivity index (χ1v) is 6.76. The topological polar surface area (TPSA) is 68.2 Å². The molecule has 0 spiro atoms. The molecule has 17 heavy (non-hydrogen) atoms. The first-order valence-electron chi connectivity index (χ1n) is 5.09. The van der Waals surface area contributed by atoms with Crippen LogP contribution in [0.4, 0.5) is 6.01 Å². The van der Waals surface area contributed by atoms with Gasteiger partial charge in [-0.2, -0.15) is 0 Å². The summed E-state index contributed by atoms with van der Waals surface area (Å²) in [5, 5.41) is 9.90. The molecule has 0 aliphatic rings. The largest absolute Gasteiger partial charge is 0.406 e. The molecule has 0 aromatic carbocycles.